The first-order valence-corrected chi connectivity index (χ1v) is 4.02. The van der Waals surface area contributed by atoms with E-state index in [-0.39, 0.29) is 11.8 Å². The molecular weight excluding hydrogens is 142 g/mol. The van der Waals surface area contributed by atoms with Crippen LogP contribution in [0.15, 0.2) is 0 Å². The Morgan fingerprint density at radius 2 is 2.36 bits per heavy atom. The van der Waals surface area contributed by atoms with Gasteiger partial charge in [0.1, 0.15) is 0 Å². The van der Waals surface area contributed by atoms with Crippen LogP contribution in [0.3, 0.4) is 0 Å². The second-order valence-corrected chi connectivity index (χ2v) is 3.10. The maximum atomic E-state index is 11.1. The molecule has 0 aromatic carbocycles. The van der Waals surface area contributed by atoms with E-state index in [0.29, 0.717) is 19.1 Å². The smallest absolute Gasteiger partial charge is 0.223 e. The second kappa shape index (κ2) is 3.72. The molecule has 1 fully saturated rings. The minimum Gasteiger partial charge on any atom is -0.383 e. The van der Waals surface area contributed by atoms with Crippen molar-refractivity contribution >= 4 is 5.91 Å². The van der Waals surface area contributed by atoms with Gasteiger partial charge in [-0.2, -0.15) is 0 Å². The molecule has 0 aliphatic heterocycles. The molecule has 3 heteroatoms. The van der Waals surface area contributed by atoms with Crippen molar-refractivity contribution in [3.05, 3.63) is 0 Å². The molecule has 1 saturated carbocycles. The van der Waals surface area contributed by atoms with Gasteiger partial charge < -0.3 is 10.1 Å². The minimum absolute atomic E-state index is 0.189. The molecule has 11 heavy (non-hydrogen) atoms. The van der Waals surface area contributed by atoms with Crippen LogP contribution >= 0.6 is 0 Å². The average Bonchev–Trinajstić information content (AvgIpc) is 2.67. The van der Waals surface area contributed by atoms with E-state index in [1.807, 2.05) is 0 Å². The van der Waals surface area contributed by atoms with E-state index < -0.39 is 0 Å². The first-order chi connectivity index (χ1) is 5.25. The maximum absolute atomic E-state index is 11.1. The predicted molar refractivity (Wildman–Crippen MR) is 42.2 cm³/mol. The van der Waals surface area contributed by atoms with Crippen molar-refractivity contribution in [3.8, 4) is 0 Å². The van der Waals surface area contributed by atoms with Crippen molar-refractivity contribution < 1.29 is 9.53 Å². The maximum Gasteiger partial charge on any atom is 0.223 e. The molecule has 1 rings (SSSR count). The number of carbonyl (C=O) groups excluding carboxylic acids is 1. The average molecular weight is 157 g/mol. The molecule has 3 nitrogen and oxygen atoms in total. The van der Waals surface area contributed by atoms with Crippen molar-refractivity contribution in [3.63, 3.8) is 0 Å². The van der Waals surface area contributed by atoms with Crippen molar-refractivity contribution in [1.82, 2.24) is 5.32 Å². The summed E-state index contributed by atoms with van der Waals surface area (Å²) in [5.41, 5.74) is 0. The molecule has 2 atom stereocenters. The van der Waals surface area contributed by atoms with E-state index in [2.05, 4.69) is 12.2 Å². The number of ether oxygens (including phenoxy) is 1. The Balaban J connectivity index is 2.03. The summed E-state index contributed by atoms with van der Waals surface area (Å²) in [6.07, 6.45) is 1.05. The fraction of sp³-hybridized carbons (Fsp3) is 0.875. The van der Waals surface area contributed by atoms with E-state index in [9.17, 15) is 4.79 Å². The predicted octanol–water partition coefficient (Wildman–Crippen LogP) is 0.405. The van der Waals surface area contributed by atoms with Gasteiger partial charge in [0.25, 0.3) is 0 Å². The van der Waals surface area contributed by atoms with Gasteiger partial charge in [0.15, 0.2) is 0 Å². The highest BCUT2D eigenvalue weighted by Crippen LogP contribution is 2.37. The Bertz CT molecular complexity index is 147. The molecule has 64 valence electrons. The van der Waals surface area contributed by atoms with E-state index in [1.54, 1.807) is 7.11 Å². The third-order valence-corrected chi connectivity index (χ3v) is 2.05. The normalized spacial score (nSPS) is 28.2. The van der Waals surface area contributed by atoms with Gasteiger partial charge in [0, 0.05) is 19.6 Å². The molecule has 0 saturated heterocycles. The highest BCUT2D eigenvalue weighted by molar-refractivity contribution is 5.81. The molecular formula is C8H15NO2. The third-order valence-electron chi connectivity index (χ3n) is 2.05. The SMILES string of the molecule is COCCNC(=O)C1CC1C. The lowest BCUT2D eigenvalue weighted by atomic mass is 10.3. The van der Waals surface area contributed by atoms with Crippen molar-refractivity contribution in [2.75, 3.05) is 20.3 Å². The molecule has 0 heterocycles. The molecule has 0 bridgehead atoms. The molecule has 1 aliphatic rings. The molecule has 0 spiro atoms. The van der Waals surface area contributed by atoms with Gasteiger partial charge >= 0.3 is 0 Å². The lowest BCUT2D eigenvalue weighted by Gasteiger charge is -2.01. The zero-order chi connectivity index (χ0) is 8.27. The zero-order valence-electron chi connectivity index (χ0n) is 7.09. The van der Waals surface area contributed by atoms with Gasteiger partial charge in [-0.1, -0.05) is 6.92 Å². The summed E-state index contributed by atoms with van der Waals surface area (Å²) in [6, 6.07) is 0. The Kier molecular flexibility index (Phi) is 2.88. The van der Waals surface area contributed by atoms with Crippen molar-refractivity contribution in [1.29, 1.82) is 0 Å². The summed E-state index contributed by atoms with van der Waals surface area (Å²) in [7, 11) is 1.63. The summed E-state index contributed by atoms with van der Waals surface area (Å²) in [5, 5.41) is 2.81. The Labute approximate surface area is 67.1 Å². The standard InChI is InChI=1S/C8H15NO2/c1-6-5-7(6)8(10)9-3-4-11-2/h6-7H,3-5H2,1-2H3,(H,9,10). The monoisotopic (exact) mass is 157 g/mol. The van der Waals surface area contributed by atoms with Crippen LogP contribution in [0.1, 0.15) is 13.3 Å². The van der Waals surface area contributed by atoms with Crippen LogP contribution in [-0.4, -0.2) is 26.2 Å². The number of hydrogen-bond donors (Lipinski definition) is 1. The highest BCUT2D eigenvalue weighted by atomic mass is 16.5. The lowest BCUT2D eigenvalue weighted by Crippen LogP contribution is -2.28. The summed E-state index contributed by atoms with van der Waals surface area (Å²) >= 11 is 0. The van der Waals surface area contributed by atoms with Crippen LogP contribution in [-0.2, 0) is 9.53 Å². The van der Waals surface area contributed by atoms with Crippen LogP contribution in [0, 0.1) is 11.8 Å². The van der Waals surface area contributed by atoms with E-state index >= 15 is 0 Å². The first kappa shape index (κ1) is 8.53. The van der Waals surface area contributed by atoms with Gasteiger partial charge in [-0.25, -0.2) is 0 Å². The Morgan fingerprint density at radius 3 is 2.82 bits per heavy atom. The fourth-order valence-electron chi connectivity index (χ4n) is 1.09. The van der Waals surface area contributed by atoms with Crippen LogP contribution < -0.4 is 5.32 Å². The largest absolute Gasteiger partial charge is 0.383 e. The van der Waals surface area contributed by atoms with E-state index in [1.165, 1.54) is 0 Å². The summed E-state index contributed by atoms with van der Waals surface area (Å²) < 4.78 is 4.80. The number of rotatable bonds is 4. The van der Waals surface area contributed by atoms with Crippen LogP contribution in [0.4, 0.5) is 0 Å². The van der Waals surface area contributed by atoms with Crippen molar-refractivity contribution in [2.24, 2.45) is 11.8 Å². The quantitative estimate of drug-likeness (QED) is 0.600. The first-order valence-electron chi connectivity index (χ1n) is 4.02. The number of hydrogen-bond acceptors (Lipinski definition) is 2. The summed E-state index contributed by atoms with van der Waals surface area (Å²) in [4.78, 5) is 11.1. The van der Waals surface area contributed by atoms with Crippen molar-refractivity contribution in [2.45, 2.75) is 13.3 Å². The topological polar surface area (TPSA) is 38.3 Å². The zero-order valence-corrected chi connectivity index (χ0v) is 7.09. The van der Waals surface area contributed by atoms with Gasteiger partial charge in [-0.15, -0.1) is 0 Å². The molecule has 0 aromatic rings. The number of methoxy groups -OCH3 is 1. The molecule has 0 aromatic heterocycles. The number of carbonyl (C=O) groups is 1. The van der Waals surface area contributed by atoms with Gasteiger partial charge in [-0.3, -0.25) is 4.79 Å². The van der Waals surface area contributed by atoms with Gasteiger partial charge in [0.05, 0.1) is 6.61 Å². The van der Waals surface area contributed by atoms with Crippen LogP contribution in [0.5, 0.6) is 0 Å². The third kappa shape index (κ3) is 2.50. The molecule has 0 radical (unpaired) electrons. The van der Waals surface area contributed by atoms with Crippen LogP contribution in [0.25, 0.3) is 0 Å². The molecule has 1 amide bonds. The Hall–Kier alpha value is -0.570. The second-order valence-electron chi connectivity index (χ2n) is 3.10. The lowest BCUT2D eigenvalue weighted by molar-refractivity contribution is -0.122. The molecule has 1 aliphatic carbocycles. The van der Waals surface area contributed by atoms with Crippen LogP contribution in [0.2, 0.25) is 0 Å². The van der Waals surface area contributed by atoms with E-state index in [0.717, 1.165) is 6.42 Å². The highest BCUT2D eigenvalue weighted by Gasteiger charge is 2.38. The van der Waals surface area contributed by atoms with E-state index in [4.69, 9.17) is 4.74 Å². The number of nitrogens with one attached hydrogen (secondary N) is 1. The van der Waals surface area contributed by atoms with Gasteiger partial charge in [-0.05, 0) is 12.3 Å². The number of amides is 1. The molecule has 1 N–H and O–H groups in total. The van der Waals surface area contributed by atoms with Gasteiger partial charge in [0.2, 0.25) is 5.91 Å². The minimum atomic E-state index is 0.189. The molecule has 2 unspecified atom stereocenters. The summed E-state index contributed by atoms with van der Waals surface area (Å²) in [6.45, 7) is 3.34. The fourth-order valence-corrected chi connectivity index (χ4v) is 1.09. The Morgan fingerprint density at radius 1 is 1.73 bits per heavy atom. The summed E-state index contributed by atoms with van der Waals surface area (Å²) in [5.74, 6) is 1.07.